The second-order valence-electron chi connectivity index (χ2n) is 8.74. The van der Waals surface area contributed by atoms with Crippen molar-refractivity contribution in [3.05, 3.63) is 28.8 Å². The van der Waals surface area contributed by atoms with E-state index in [1.807, 2.05) is 0 Å². The maximum absolute atomic E-state index is 6.42. The highest BCUT2D eigenvalue weighted by atomic mass is 15.3. The fraction of sp³-hybridized carbons (Fsp3) is 0.682. The molecule has 0 bridgehead atoms. The molecule has 1 heterocycles. The average Bonchev–Trinajstić information content (AvgIpc) is 2.57. The normalized spacial score (nSPS) is 29.7. The Morgan fingerprint density at radius 1 is 1.07 bits per heavy atom. The summed E-state index contributed by atoms with van der Waals surface area (Å²) in [4.78, 5) is 7.60. The van der Waals surface area contributed by atoms with E-state index < -0.39 is 0 Å². The molecule has 0 aromatic heterocycles. The largest absolute Gasteiger partial charge is 0.340 e. The van der Waals surface area contributed by atoms with Crippen LogP contribution in [0.15, 0.2) is 17.1 Å². The molecule has 2 unspecified atom stereocenters. The average molecular weight is 372 g/mol. The van der Waals surface area contributed by atoms with Gasteiger partial charge in [0.05, 0.1) is 6.04 Å². The number of hydrogen-bond acceptors (Lipinski definition) is 3. The minimum atomic E-state index is 0.175. The molecule has 1 aliphatic carbocycles. The Labute approximate surface area is 164 Å². The van der Waals surface area contributed by atoms with Crippen molar-refractivity contribution in [1.29, 1.82) is 0 Å². The molecule has 0 spiro atoms. The van der Waals surface area contributed by atoms with Gasteiger partial charge in [-0.05, 0) is 58.6 Å². The van der Waals surface area contributed by atoms with Crippen LogP contribution < -0.4 is 16.4 Å². The van der Waals surface area contributed by atoms with E-state index in [2.05, 4.69) is 62.3 Å². The molecule has 2 fully saturated rings. The zero-order valence-corrected chi connectivity index (χ0v) is 17.7. The monoisotopic (exact) mass is 371 g/mol. The minimum Gasteiger partial charge on any atom is -0.340 e. The third-order valence-electron chi connectivity index (χ3n) is 5.84. The summed E-state index contributed by atoms with van der Waals surface area (Å²) in [5.41, 5.74) is 11.4. The smallest absolute Gasteiger partial charge is 0.198 e. The molecule has 1 aromatic rings. The van der Waals surface area contributed by atoms with Crippen LogP contribution in [0.25, 0.3) is 0 Å². The summed E-state index contributed by atoms with van der Waals surface area (Å²) in [7, 11) is 0. The maximum atomic E-state index is 6.42. The minimum absolute atomic E-state index is 0.175. The van der Waals surface area contributed by atoms with Gasteiger partial charge in [0.2, 0.25) is 0 Å². The number of nitrogens with zero attached hydrogens (tertiary/aromatic N) is 2. The lowest BCUT2D eigenvalue weighted by Gasteiger charge is -2.39. The molecule has 1 saturated heterocycles. The number of rotatable bonds is 2. The van der Waals surface area contributed by atoms with Crippen LogP contribution in [-0.4, -0.2) is 48.1 Å². The van der Waals surface area contributed by atoms with Crippen molar-refractivity contribution in [2.24, 2.45) is 10.7 Å². The van der Waals surface area contributed by atoms with Crippen molar-refractivity contribution < 1.29 is 0 Å². The fourth-order valence-electron chi connectivity index (χ4n) is 4.64. The molecule has 2 aliphatic rings. The number of aliphatic imine (C=N–C) groups is 1. The highest BCUT2D eigenvalue weighted by Crippen LogP contribution is 2.25. The van der Waals surface area contributed by atoms with Crippen molar-refractivity contribution >= 4 is 11.6 Å². The number of nitrogens with two attached hydrogens (primary N) is 1. The van der Waals surface area contributed by atoms with Gasteiger partial charge in [0.15, 0.2) is 5.96 Å². The van der Waals surface area contributed by atoms with Crippen molar-refractivity contribution in [2.75, 3.05) is 18.4 Å². The molecule has 0 radical (unpaired) electrons. The second-order valence-corrected chi connectivity index (χ2v) is 8.74. The van der Waals surface area contributed by atoms with Crippen LogP contribution in [0.3, 0.4) is 0 Å². The first-order valence-corrected chi connectivity index (χ1v) is 10.5. The number of aryl methyl sites for hydroxylation is 3. The molecule has 4 atom stereocenters. The van der Waals surface area contributed by atoms with Crippen LogP contribution in [-0.2, 0) is 0 Å². The molecule has 0 amide bonds. The number of benzene rings is 1. The van der Waals surface area contributed by atoms with E-state index in [1.54, 1.807) is 0 Å². The molecule has 27 heavy (non-hydrogen) atoms. The second kappa shape index (κ2) is 8.61. The predicted molar refractivity (Wildman–Crippen MR) is 116 cm³/mol. The number of piperazine rings is 1. The van der Waals surface area contributed by atoms with Crippen molar-refractivity contribution in [1.82, 2.24) is 10.2 Å². The lowest BCUT2D eigenvalue weighted by atomic mass is 9.91. The molecule has 1 aliphatic heterocycles. The Balaban J connectivity index is 1.92. The number of hydrogen-bond donors (Lipinski definition) is 3. The Hall–Kier alpha value is -1.59. The summed E-state index contributed by atoms with van der Waals surface area (Å²) in [5.74, 6) is 0.993. The zero-order valence-electron chi connectivity index (χ0n) is 17.7. The standard InChI is InChI=1S/C22H37N5/c1-14-10-15(2)21(16(3)11-14)26-22(25-20-9-7-6-8-19(20)23)27-12-17(4)24-18(5)13-27/h10-11,17-20,24H,6-9,12-13,23H2,1-5H3,(H,25,26)/t17?,18?,19-,20-/m0/s1. The third kappa shape index (κ3) is 5.02. The summed E-state index contributed by atoms with van der Waals surface area (Å²) in [6.07, 6.45) is 4.63. The van der Waals surface area contributed by atoms with Gasteiger partial charge in [0, 0.05) is 36.9 Å². The van der Waals surface area contributed by atoms with Gasteiger partial charge in [-0.1, -0.05) is 30.5 Å². The number of anilines is 1. The van der Waals surface area contributed by atoms with E-state index in [9.17, 15) is 0 Å². The Morgan fingerprint density at radius 2 is 1.67 bits per heavy atom. The van der Waals surface area contributed by atoms with Crippen LogP contribution in [0.1, 0.15) is 56.2 Å². The zero-order chi connectivity index (χ0) is 19.6. The Morgan fingerprint density at radius 3 is 2.26 bits per heavy atom. The number of nitrogens with one attached hydrogen (secondary N) is 2. The van der Waals surface area contributed by atoms with Crippen molar-refractivity contribution in [2.45, 2.75) is 84.5 Å². The fourth-order valence-corrected chi connectivity index (χ4v) is 4.64. The summed E-state index contributed by atoms with van der Waals surface area (Å²) >= 11 is 0. The van der Waals surface area contributed by atoms with Crippen LogP contribution in [0.2, 0.25) is 0 Å². The van der Waals surface area contributed by atoms with Crippen molar-refractivity contribution in [3.8, 4) is 0 Å². The Kier molecular flexibility index (Phi) is 6.43. The van der Waals surface area contributed by atoms with Crippen molar-refractivity contribution in [3.63, 3.8) is 0 Å². The third-order valence-corrected chi connectivity index (χ3v) is 5.84. The molecule has 1 saturated carbocycles. The molecule has 4 N–H and O–H groups in total. The molecule has 1 aromatic carbocycles. The molecule has 150 valence electrons. The predicted octanol–water partition coefficient (Wildman–Crippen LogP) is 3.33. The van der Waals surface area contributed by atoms with Gasteiger partial charge in [-0.3, -0.25) is 0 Å². The lowest BCUT2D eigenvalue weighted by Crippen LogP contribution is -2.57. The van der Waals surface area contributed by atoms with E-state index in [0.717, 1.165) is 31.9 Å². The van der Waals surface area contributed by atoms with E-state index >= 15 is 0 Å². The van der Waals surface area contributed by atoms with Crippen LogP contribution >= 0.6 is 0 Å². The molecule has 5 nitrogen and oxygen atoms in total. The van der Waals surface area contributed by atoms with Crippen LogP contribution in [0.5, 0.6) is 0 Å². The summed E-state index contributed by atoms with van der Waals surface area (Å²) in [6, 6.07) is 5.76. The highest BCUT2D eigenvalue weighted by molar-refractivity contribution is 5.95. The van der Waals surface area contributed by atoms with E-state index in [1.165, 1.54) is 35.2 Å². The maximum Gasteiger partial charge on any atom is 0.198 e. The van der Waals surface area contributed by atoms with Crippen LogP contribution in [0.4, 0.5) is 5.69 Å². The first-order valence-electron chi connectivity index (χ1n) is 10.5. The summed E-state index contributed by atoms with van der Waals surface area (Å²) < 4.78 is 0. The quantitative estimate of drug-likeness (QED) is 0.551. The number of guanidine groups is 1. The summed E-state index contributed by atoms with van der Waals surface area (Å²) in [6.45, 7) is 12.9. The van der Waals surface area contributed by atoms with Gasteiger partial charge < -0.3 is 21.3 Å². The van der Waals surface area contributed by atoms with E-state index in [0.29, 0.717) is 12.1 Å². The first-order chi connectivity index (χ1) is 12.8. The molecular weight excluding hydrogens is 334 g/mol. The highest BCUT2D eigenvalue weighted by Gasteiger charge is 2.27. The van der Waals surface area contributed by atoms with E-state index in [4.69, 9.17) is 10.7 Å². The molecule has 5 heteroatoms. The lowest BCUT2D eigenvalue weighted by molar-refractivity contribution is 0.252. The molecular formula is C22H37N5. The van der Waals surface area contributed by atoms with Gasteiger partial charge in [0.25, 0.3) is 0 Å². The topological polar surface area (TPSA) is 65.7 Å². The van der Waals surface area contributed by atoms with Gasteiger partial charge in [0.1, 0.15) is 0 Å². The SMILES string of the molecule is Cc1cc(C)c(NC(=N[C@H]2CCCC[C@@H]2N)N2CC(C)NC(C)C2)c(C)c1. The van der Waals surface area contributed by atoms with Gasteiger partial charge in [-0.2, -0.15) is 0 Å². The van der Waals surface area contributed by atoms with E-state index in [-0.39, 0.29) is 12.1 Å². The first kappa shape index (κ1) is 20.2. The van der Waals surface area contributed by atoms with Gasteiger partial charge >= 0.3 is 0 Å². The van der Waals surface area contributed by atoms with Gasteiger partial charge in [-0.15, -0.1) is 0 Å². The summed E-state index contributed by atoms with van der Waals surface area (Å²) in [5, 5.41) is 7.34. The van der Waals surface area contributed by atoms with Gasteiger partial charge in [-0.25, -0.2) is 4.99 Å². The van der Waals surface area contributed by atoms with Crippen LogP contribution in [0, 0.1) is 20.8 Å². The Bertz CT molecular complexity index is 650. The molecule has 3 rings (SSSR count).